The molecule has 0 aliphatic heterocycles. The second-order valence-corrected chi connectivity index (χ2v) is 7.11. The summed E-state index contributed by atoms with van der Waals surface area (Å²) in [5.74, 6) is 0.931. The van der Waals surface area contributed by atoms with Crippen molar-refractivity contribution in [3.05, 3.63) is 59.1 Å². The molecule has 0 amide bonds. The lowest BCUT2D eigenvalue weighted by Gasteiger charge is -2.10. The Morgan fingerprint density at radius 3 is 2.62 bits per heavy atom. The van der Waals surface area contributed by atoms with Crippen LogP contribution in [-0.4, -0.2) is 12.0 Å². The third kappa shape index (κ3) is 3.46. The van der Waals surface area contributed by atoms with Crippen molar-refractivity contribution in [1.29, 1.82) is 0 Å². The van der Waals surface area contributed by atoms with Crippen molar-refractivity contribution in [3.8, 4) is 0 Å². The van der Waals surface area contributed by atoms with Gasteiger partial charge in [0.1, 0.15) is 5.01 Å². The molecule has 1 unspecified atom stereocenters. The molecule has 108 valence electrons. The van der Waals surface area contributed by atoms with E-state index in [4.69, 9.17) is 0 Å². The fourth-order valence-electron chi connectivity index (χ4n) is 2.15. The lowest BCUT2D eigenvalue weighted by atomic mass is 10.1. The summed E-state index contributed by atoms with van der Waals surface area (Å²) in [5, 5.41) is 4.45. The van der Waals surface area contributed by atoms with Crippen molar-refractivity contribution in [3.63, 3.8) is 0 Å². The zero-order valence-corrected chi connectivity index (χ0v) is 13.8. The van der Waals surface area contributed by atoms with E-state index in [1.54, 1.807) is 11.3 Å². The van der Waals surface area contributed by atoms with E-state index in [2.05, 4.69) is 59.7 Å². The molecule has 1 heterocycles. The Morgan fingerprint density at radius 2 is 1.90 bits per heavy atom. The van der Waals surface area contributed by atoms with Gasteiger partial charge in [-0.15, -0.1) is 23.1 Å². The van der Waals surface area contributed by atoms with Crippen LogP contribution < -0.4 is 5.32 Å². The number of thioether (sulfide) groups is 1. The number of fused-ring (bicyclic) bond motifs is 1. The molecule has 0 aliphatic rings. The van der Waals surface area contributed by atoms with E-state index >= 15 is 0 Å². The number of rotatable bonds is 5. The number of aromatic nitrogens is 1. The van der Waals surface area contributed by atoms with Crippen LogP contribution in [-0.2, 0) is 5.75 Å². The first-order chi connectivity index (χ1) is 10.3. The van der Waals surface area contributed by atoms with Gasteiger partial charge in [0, 0.05) is 10.9 Å². The fourth-order valence-corrected chi connectivity index (χ4v) is 4.00. The lowest BCUT2D eigenvalue weighted by molar-refractivity contribution is 0.652. The fraction of sp³-hybridized carbons (Fsp3) is 0.235. The van der Waals surface area contributed by atoms with Crippen LogP contribution in [0.2, 0.25) is 0 Å². The number of nitrogens with one attached hydrogen (secondary N) is 1. The molecule has 21 heavy (non-hydrogen) atoms. The summed E-state index contributed by atoms with van der Waals surface area (Å²) in [5.41, 5.74) is 2.43. The molecule has 3 rings (SSSR count). The number of para-hydroxylation sites is 1. The third-order valence-electron chi connectivity index (χ3n) is 3.51. The summed E-state index contributed by atoms with van der Waals surface area (Å²) in [6.45, 7) is 2.17. The van der Waals surface area contributed by atoms with E-state index in [1.165, 1.54) is 20.2 Å². The van der Waals surface area contributed by atoms with Gasteiger partial charge in [-0.05, 0) is 43.8 Å². The molecule has 4 heteroatoms. The molecule has 0 bridgehead atoms. The molecule has 1 N–H and O–H groups in total. The topological polar surface area (TPSA) is 24.9 Å². The smallest absolute Gasteiger partial charge is 0.104 e. The molecule has 0 aliphatic carbocycles. The number of benzene rings is 2. The van der Waals surface area contributed by atoms with E-state index < -0.39 is 0 Å². The van der Waals surface area contributed by atoms with Crippen LogP contribution in [0.5, 0.6) is 0 Å². The monoisotopic (exact) mass is 314 g/mol. The second kappa shape index (κ2) is 6.60. The van der Waals surface area contributed by atoms with E-state index in [1.807, 2.05) is 24.9 Å². The minimum Gasteiger partial charge on any atom is -0.313 e. The highest BCUT2D eigenvalue weighted by Gasteiger charge is 2.05. The molecule has 0 radical (unpaired) electrons. The van der Waals surface area contributed by atoms with Crippen molar-refractivity contribution >= 4 is 33.3 Å². The van der Waals surface area contributed by atoms with Gasteiger partial charge in [-0.3, -0.25) is 0 Å². The maximum atomic E-state index is 4.67. The van der Waals surface area contributed by atoms with Crippen molar-refractivity contribution in [2.75, 3.05) is 7.05 Å². The van der Waals surface area contributed by atoms with Crippen molar-refractivity contribution in [2.45, 2.75) is 23.6 Å². The van der Waals surface area contributed by atoms with Gasteiger partial charge in [0.2, 0.25) is 0 Å². The molecule has 3 aromatic rings. The highest BCUT2D eigenvalue weighted by Crippen LogP contribution is 2.29. The first-order valence-corrected chi connectivity index (χ1v) is 8.81. The van der Waals surface area contributed by atoms with Crippen LogP contribution in [0.4, 0.5) is 0 Å². The summed E-state index contributed by atoms with van der Waals surface area (Å²) >= 11 is 3.63. The maximum Gasteiger partial charge on any atom is 0.104 e. The largest absolute Gasteiger partial charge is 0.313 e. The van der Waals surface area contributed by atoms with Crippen molar-refractivity contribution < 1.29 is 0 Å². The Balaban J connectivity index is 1.67. The molecular weight excluding hydrogens is 296 g/mol. The molecule has 0 saturated heterocycles. The standard InChI is InChI=1S/C17H18N2S2/c1-12(18-2)13-7-9-14(10-8-13)20-11-17-19-15-5-3-4-6-16(15)21-17/h3-10,12,18H,11H2,1-2H3. The number of hydrogen-bond donors (Lipinski definition) is 1. The molecule has 0 saturated carbocycles. The predicted molar refractivity (Wildman–Crippen MR) is 93.1 cm³/mol. The van der Waals surface area contributed by atoms with Crippen molar-refractivity contribution in [1.82, 2.24) is 10.3 Å². The maximum absolute atomic E-state index is 4.67. The molecular formula is C17H18N2S2. The first kappa shape index (κ1) is 14.6. The van der Waals surface area contributed by atoms with E-state index in [9.17, 15) is 0 Å². The molecule has 0 spiro atoms. The van der Waals surface area contributed by atoms with Crippen LogP contribution in [0.3, 0.4) is 0 Å². The quantitative estimate of drug-likeness (QED) is 0.680. The zero-order valence-electron chi connectivity index (χ0n) is 12.2. The van der Waals surface area contributed by atoms with Gasteiger partial charge in [0.05, 0.1) is 16.0 Å². The van der Waals surface area contributed by atoms with E-state index in [0.29, 0.717) is 6.04 Å². The van der Waals surface area contributed by atoms with Gasteiger partial charge in [-0.2, -0.15) is 0 Å². The highest BCUT2D eigenvalue weighted by molar-refractivity contribution is 7.98. The normalized spacial score (nSPS) is 12.7. The summed E-state index contributed by atoms with van der Waals surface area (Å²) in [7, 11) is 1.99. The van der Waals surface area contributed by atoms with E-state index in [-0.39, 0.29) is 0 Å². The van der Waals surface area contributed by atoms with Gasteiger partial charge in [0.15, 0.2) is 0 Å². The molecule has 1 atom stereocenters. The summed E-state index contributed by atoms with van der Waals surface area (Å²) in [4.78, 5) is 5.97. The Bertz CT molecular complexity index is 686. The van der Waals surface area contributed by atoms with Crippen molar-refractivity contribution in [2.24, 2.45) is 0 Å². The van der Waals surface area contributed by atoms with E-state index in [0.717, 1.165) is 11.3 Å². The minimum atomic E-state index is 0.397. The summed E-state index contributed by atoms with van der Waals surface area (Å²) < 4.78 is 1.27. The summed E-state index contributed by atoms with van der Waals surface area (Å²) in [6.07, 6.45) is 0. The molecule has 0 fully saturated rings. The van der Waals surface area contributed by atoms with Gasteiger partial charge in [0.25, 0.3) is 0 Å². The van der Waals surface area contributed by atoms with Crippen LogP contribution in [0.1, 0.15) is 23.5 Å². The molecule has 2 nitrogen and oxygen atoms in total. The van der Waals surface area contributed by atoms with Gasteiger partial charge in [-0.25, -0.2) is 4.98 Å². The Morgan fingerprint density at radius 1 is 1.14 bits per heavy atom. The van der Waals surface area contributed by atoms with Crippen LogP contribution >= 0.6 is 23.1 Å². The first-order valence-electron chi connectivity index (χ1n) is 7.01. The SMILES string of the molecule is CNC(C)c1ccc(SCc2nc3ccccc3s2)cc1. The average Bonchev–Trinajstić information content (AvgIpc) is 2.95. The van der Waals surface area contributed by atoms with Gasteiger partial charge >= 0.3 is 0 Å². The third-order valence-corrected chi connectivity index (χ3v) is 5.76. The van der Waals surface area contributed by atoms with Crippen LogP contribution in [0, 0.1) is 0 Å². The Labute approximate surface area is 133 Å². The highest BCUT2D eigenvalue weighted by atomic mass is 32.2. The molecule has 2 aromatic carbocycles. The molecule has 1 aromatic heterocycles. The predicted octanol–water partition coefficient (Wildman–Crippen LogP) is 4.87. The average molecular weight is 314 g/mol. The van der Waals surface area contributed by atoms with Gasteiger partial charge in [-0.1, -0.05) is 24.3 Å². The lowest BCUT2D eigenvalue weighted by Crippen LogP contribution is -2.11. The van der Waals surface area contributed by atoms with Gasteiger partial charge < -0.3 is 5.32 Å². The minimum absolute atomic E-state index is 0.397. The second-order valence-electron chi connectivity index (χ2n) is 4.94. The van der Waals surface area contributed by atoms with Crippen LogP contribution in [0.15, 0.2) is 53.4 Å². The zero-order chi connectivity index (χ0) is 14.7. The van der Waals surface area contributed by atoms with Crippen LogP contribution in [0.25, 0.3) is 10.2 Å². The number of thiazole rings is 1. The Kier molecular flexibility index (Phi) is 4.58. The number of nitrogens with zero attached hydrogens (tertiary/aromatic N) is 1. The summed E-state index contributed by atoms with van der Waals surface area (Å²) in [6, 6.07) is 17.5. The number of hydrogen-bond acceptors (Lipinski definition) is 4. The Hall–Kier alpha value is -1.36.